The molecule has 1 nitrogen and oxygen atoms in total. The van der Waals surface area contributed by atoms with Gasteiger partial charge in [0, 0.05) is 11.4 Å². The van der Waals surface area contributed by atoms with Crippen LogP contribution in [-0.2, 0) is 0 Å². The number of rotatable bonds is 5. The first-order valence-electron chi connectivity index (χ1n) is 6.55. The fraction of sp³-hybridized carbons (Fsp3) is 0.467. The highest BCUT2D eigenvalue weighted by Crippen LogP contribution is 2.27. The Hall–Kier alpha value is -1.02. The van der Waals surface area contributed by atoms with Gasteiger partial charge in [-0.15, -0.1) is 0 Å². The van der Waals surface area contributed by atoms with Crippen molar-refractivity contribution in [3.8, 4) is 0 Å². The van der Waals surface area contributed by atoms with Crippen molar-refractivity contribution >= 4 is 13.9 Å². The van der Waals surface area contributed by atoms with E-state index in [2.05, 4.69) is 74.5 Å². The average molecular weight is 247 g/mol. The molecule has 0 saturated carbocycles. The van der Waals surface area contributed by atoms with E-state index in [1.54, 1.807) is 0 Å². The summed E-state index contributed by atoms with van der Waals surface area (Å²) >= 11 is 0. The molecule has 1 rings (SSSR count). The van der Waals surface area contributed by atoms with Crippen LogP contribution in [0.3, 0.4) is 0 Å². The van der Waals surface area contributed by atoms with Gasteiger partial charge >= 0.3 is 0 Å². The summed E-state index contributed by atoms with van der Waals surface area (Å²) in [4.78, 5) is 0. The molecule has 0 unspecified atom stereocenters. The highest BCUT2D eigenvalue weighted by atomic mass is 28.3. The molecule has 0 fully saturated rings. The minimum absolute atomic E-state index is 1.10. The molecule has 0 amide bonds. The summed E-state index contributed by atoms with van der Waals surface area (Å²) in [6.45, 7) is 11.7. The Bertz CT molecular complexity index is 362. The Morgan fingerprint density at radius 2 is 1.71 bits per heavy atom. The van der Waals surface area contributed by atoms with E-state index in [-0.39, 0.29) is 0 Å². The molecule has 0 aliphatic rings. The number of allylic oxidation sites excluding steroid dienone is 2. The summed E-state index contributed by atoms with van der Waals surface area (Å²) in [6.07, 6.45) is 4.58. The molecule has 94 valence electrons. The fourth-order valence-electron chi connectivity index (χ4n) is 2.19. The number of nitrogens with zero attached hydrogens (tertiary/aromatic N) is 1. The second-order valence-electron chi connectivity index (χ2n) is 5.30. The lowest BCUT2D eigenvalue weighted by molar-refractivity contribution is 1.00. The number of anilines is 1. The van der Waals surface area contributed by atoms with Crippen molar-refractivity contribution in [3.63, 3.8) is 0 Å². The lowest BCUT2D eigenvalue weighted by Crippen LogP contribution is -2.45. The van der Waals surface area contributed by atoms with Crippen LogP contribution >= 0.6 is 0 Å². The smallest absolute Gasteiger partial charge is 0.153 e. The highest BCUT2D eigenvalue weighted by Gasteiger charge is 2.26. The molecule has 1 aromatic rings. The molecule has 0 aliphatic carbocycles. The van der Waals surface area contributed by atoms with Crippen molar-refractivity contribution in [2.75, 3.05) is 4.57 Å². The fourth-order valence-corrected chi connectivity index (χ4v) is 4.23. The summed E-state index contributed by atoms with van der Waals surface area (Å²) in [5.41, 5.74) is 2.81. The number of hydrogen-bond acceptors (Lipinski definition) is 1. The average Bonchev–Trinajstić information content (AvgIpc) is 2.28. The zero-order valence-corrected chi connectivity index (χ0v) is 12.8. The van der Waals surface area contributed by atoms with Gasteiger partial charge in [0.2, 0.25) is 0 Å². The van der Waals surface area contributed by atoms with Gasteiger partial charge in [-0.05, 0) is 25.0 Å². The number of para-hydroxylation sites is 1. The molecule has 0 N–H and O–H groups in total. The highest BCUT2D eigenvalue weighted by molar-refractivity contribution is 6.80. The van der Waals surface area contributed by atoms with Crippen LogP contribution < -0.4 is 4.57 Å². The van der Waals surface area contributed by atoms with Gasteiger partial charge in [0.25, 0.3) is 0 Å². The molecular weight excluding hydrogens is 222 g/mol. The van der Waals surface area contributed by atoms with E-state index >= 15 is 0 Å². The maximum atomic E-state index is 2.58. The quantitative estimate of drug-likeness (QED) is 0.659. The Morgan fingerprint density at radius 3 is 2.12 bits per heavy atom. The van der Waals surface area contributed by atoms with E-state index < -0.39 is 8.24 Å². The molecule has 17 heavy (non-hydrogen) atoms. The third-order valence-electron chi connectivity index (χ3n) is 2.77. The zero-order chi connectivity index (χ0) is 12.9. The molecule has 1 aromatic carbocycles. The number of hydrogen-bond donors (Lipinski definition) is 0. The van der Waals surface area contributed by atoms with Crippen LogP contribution in [0.15, 0.2) is 42.1 Å². The minimum atomic E-state index is -1.38. The predicted molar refractivity (Wildman–Crippen MR) is 80.9 cm³/mol. The summed E-state index contributed by atoms with van der Waals surface area (Å²) in [5, 5.41) is 0. The molecule has 2 heteroatoms. The molecule has 0 heterocycles. The lowest BCUT2D eigenvalue weighted by atomic mass is 10.2. The van der Waals surface area contributed by atoms with Crippen LogP contribution in [-0.4, -0.2) is 8.24 Å². The third-order valence-corrected chi connectivity index (χ3v) is 4.66. The Kier molecular flexibility index (Phi) is 5.00. The van der Waals surface area contributed by atoms with Crippen LogP contribution in [0, 0.1) is 0 Å². The van der Waals surface area contributed by atoms with Gasteiger partial charge < -0.3 is 4.57 Å². The van der Waals surface area contributed by atoms with Gasteiger partial charge in [0.15, 0.2) is 8.24 Å². The van der Waals surface area contributed by atoms with Gasteiger partial charge in [-0.2, -0.15) is 0 Å². The zero-order valence-electron chi connectivity index (χ0n) is 11.8. The molecule has 0 saturated heterocycles. The van der Waals surface area contributed by atoms with Crippen LogP contribution in [0.5, 0.6) is 0 Å². The van der Waals surface area contributed by atoms with E-state index in [9.17, 15) is 0 Å². The lowest BCUT2D eigenvalue weighted by Gasteiger charge is -2.38. The third kappa shape index (κ3) is 3.74. The monoisotopic (exact) mass is 247 g/mol. The van der Waals surface area contributed by atoms with Crippen molar-refractivity contribution in [1.82, 2.24) is 0 Å². The van der Waals surface area contributed by atoms with Crippen molar-refractivity contribution in [2.24, 2.45) is 0 Å². The summed E-state index contributed by atoms with van der Waals surface area (Å²) in [7, 11) is -1.38. The molecule has 0 aromatic heterocycles. The van der Waals surface area contributed by atoms with Crippen LogP contribution in [0.1, 0.15) is 26.7 Å². The van der Waals surface area contributed by atoms with Crippen molar-refractivity contribution < 1.29 is 0 Å². The second kappa shape index (κ2) is 6.06. The molecule has 0 aliphatic heterocycles. The maximum Gasteiger partial charge on any atom is 0.153 e. The first-order chi connectivity index (χ1) is 8.00. The van der Waals surface area contributed by atoms with Gasteiger partial charge in [-0.3, -0.25) is 0 Å². The first kappa shape index (κ1) is 14.0. The van der Waals surface area contributed by atoms with E-state index in [0.717, 1.165) is 12.8 Å². The Balaban J connectivity index is 3.18. The molecule has 0 spiro atoms. The van der Waals surface area contributed by atoms with Crippen molar-refractivity contribution in [1.29, 1.82) is 0 Å². The Labute approximate surface area is 107 Å². The number of benzene rings is 1. The van der Waals surface area contributed by atoms with Crippen LogP contribution in [0.4, 0.5) is 5.69 Å². The molecule has 0 atom stereocenters. The molecular formula is C15H25NSi. The van der Waals surface area contributed by atoms with Gasteiger partial charge in [-0.1, -0.05) is 57.8 Å². The summed E-state index contributed by atoms with van der Waals surface area (Å²) < 4.78 is 2.58. The largest absolute Gasteiger partial charge is 0.373 e. The SMILES string of the molecule is CC/C=C(\CC)N(c1ccccc1)[Si](C)(C)C. The Morgan fingerprint density at radius 1 is 1.12 bits per heavy atom. The second-order valence-corrected chi connectivity index (χ2v) is 10.1. The van der Waals surface area contributed by atoms with Crippen LogP contribution in [0.2, 0.25) is 19.6 Å². The minimum Gasteiger partial charge on any atom is -0.373 e. The van der Waals surface area contributed by atoms with Crippen molar-refractivity contribution in [3.05, 3.63) is 42.1 Å². The van der Waals surface area contributed by atoms with Gasteiger partial charge in [-0.25, -0.2) is 0 Å². The normalized spacial score (nSPS) is 12.6. The van der Waals surface area contributed by atoms with E-state index in [1.807, 2.05) is 0 Å². The van der Waals surface area contributed by atoms with Gasteiger partial charge in [0.1, 0.15) is 0 Å². The predicted octanol–water partition coefficient (Wildman–Crippen LogP) is 5.03. The first-order valence-corrected chi connectivity index (χ1v) is 9.99. The van der Waals surface area contributed by atoms with E-state index in [0.29, 0.717) is 0 Å². The topological polar surface area (TPSA) is 3.24 Å². The van der Waals surface area contributed by atoms with Crippen molar-refractivity contribution in [2.45, 2.75) is 46.3 Å². The van der Waals surface area contributed by atoms with E-state index in [4.69, 9.17) is 0 Å². The van der Waals surface area contributed by atoms with E-state index in [1.165, 1.54) is 11.4 Å². The molecule has 0 bridgehead atoms. The summed E-state index contributed by atoms with van der Waals surface area (Å²) in [5.74, 6) is 0. The van der Waals surface area contributed by atoms with Gasteiger partial charge in [0.05, 0.1) is 0 Å². The van der Waals surface area contributed by atoms with Crippen LogP contribution in [0.25, 0.3) is 0 Å². The summed E-state index contributed by atoms with van der Waals surface area (Å²) in [6, 6.07) is 10.8. The molecule has 0 radical (unpaired) electrons. The standard InChI is InChI=1S/C15H25NSi/c1-6-11-14(7-2)16(17(3,4)5)15-12-9-8-10-13-15/h8-13H,6-7H2,1-5H3/b14-11+. The maximum absolute atomic E-state index is 2.58.